The van der Waals surface area contributed by atoms with E-state index in [1.54, 1.807) is 6.20 Å². The monoisotopic (exact) mass is 482 g/mol. The first kappa shape index (κ1) is 25.2. The van der Waals surface area contributed by atoms with E-state index in [-0.39, 0.29) is 17.2 Å². The summed E-state index contributed by atoms with van der Waals surface area (Å²) < 4.78 is 2.04. The van der Waals surface area contributed by atoms with E-state index < -0.39 is 0 Å². The first-order valence-corrected chi connectivity index (χ1v) is 12.5. The molecule has 186 valence electrons. The molecule has 0 unspecified atom stereocenters. The third-order valence-electron chi connectivity index (χ3n) is 6.25. The second-order valence-electron chi connectivity index (χ2n) is 10.1. The van der Waals surface area contributed by atoms with Crippen LogP contribution in [0.3, 0.4) is 0 Å². The molecule has 0 aliphatic rings. The fourth-order valence-corrected chi connectivity index (χ4v) is 4.27. The van der Waals surface area contributed by atoms with Gasteiger partial charge in [-0.05, 0) is 65.9 Å². The van der Waals surface area contributed by atoms with Crippen LogP contribution in [0.15, 0.2) is 72.9 Å². The van der Waals surface area contributed by atoms with Crippen LogP contribution in [0.4, 0.5) is 5.69 Å². The Bertz CT molecular complexity index is 1350. The molecule has 0 saturated carbocycles. The van der Waals surface area contributed by atoms with Gasteiger partial charge >= 0.3 is 0 Å². The molecular formula is C30H34N4O2. The number of fused-ring (bicyclic) bond motifs is 1. The van der Waals surface area contributed by atoms with Gasteiger partial charge in [0.2, 0.25) is 0 Å². The predicted octanol–water partition coefficient (Wildman–Crippen LogP) is 5.97. The lowest BCUT2D eigenvalue weighted by atomic mass is 9.87. The van der Waals surface area contributed by atoms with Crippen molar-refractivity contribution >= 4 is 28.4 Å². The molecule has 0 aliphatic carbocycles. The van der Waals surface area contributed by atoms with E-state index in [9.17, 15) is 9.59 Å². The van der Waals surface area contributed by atoms with E-state index in [4.69, 9.17) is 0 Å². The van der Waals surface area contributed by atoms with E-state index in [0.717, 1.165) is 29.6 Å². The van der Waals surface area contributed by atoms with Crippen LogP contribution in [0, 0.1) is 0 Å². The van der Waals surface area contributed by atoms with Crippen LogP contribution in [0.5, 0.6) is 0 Å². The average molecular weight is 483 g/mol. The molecule has 0 spiro atoms. The zero-order valence-corrected chi connectivity index (χ0v) is 21.5. The van der Waals surface area contributed by atoms with Gasteiger partial charge in [0.15, 0.2) is 0 Å². The fourth-order valence-electron chi connectivity index (χ4n) is 4.27. The van der Waals surface area contributed by atoms with Gasteiger partial charge in [0, 0.05) is 53.6 Å². The molecule has 6 nitrogen and oxygen atoms in total. The number of carbonyl (C=O) groups is 2. The molecular weight excluding hydrogens is 448 g/mol. The Kier molecular flexibility index (Phi) is 7.53. The minimum Gasteiger partial charge on any atom is -0.350 e. The highest BCUT2D eigenvalue weighted by molar-refractivity contribution is 6.06. The van der Waals surface area contributed by atoms with Crippen molar-refractivity contribution in [2.45, 2.75) is 52.5 Å². The number of amides is 2. The largest absolute Gasteiger partial charge is 0.350 e. The SMILES string of the molecule is CCCn1c(C(=O)NCCc2ccccn2)cc2cc(NC(=O)c3ccc(C(C)(C)C)cc3)ccc21. The number of nitrogens with one attached hydrogen (secondary N) is 2. The lowest BCUT2D eigenvalue weighted by Gasteiger charge is -2.19. The van der Waals surface area contributed by atoms with Crippen molar-refractivity contribution in [2.24, 2.45) is 0 Å². The Hall–Kier alpha value is -3.93. The van der Waals surface area contributed by atoms with Crippen LogP contribution < -0.4 is 10.6 Å². The molecule has 36 heavy (non-hydrogen) atoms. The maximum Gasteiger partial charge on any atom is 0.267 e. The smallest absolute Gasteiger partial charge is 0.267 e. The van der Waals surface area contributed by atoms with Crippen LogP contribution in [0.2, 0.25) is 0 Å². The van der Waals surface area contributed by atoms with Gasteiger partial charge in [-0.1, -0.05) is 45.9 Å². The second kappa shape index (κ2) is 10.8. The third-order valence-corrected chi connectivity index (χ3v) is 6.25. The molecule has 6 heteroatoms. The van der Waals surface area contributed by atoms with Gasteiger partial charge in [-0.2, -0.15) is 0 Å². The maximum absolute atomic E-state index is 13.0. The van der Waals surface area contributed by atoms with E-state index in [0.29, 0.717) is 29.9 Å². The summed E-state index contributed by atoms with van der Waals surface area (Å²) in [6.45, 7) is 9.79. The summed E-state index contributed by atoms with van der Waals surface area (Å²) >= 11 is 0. The van der Waals surface area contributed by atoms with Crippen LogP contribution >= 0.6 is 0 Å². The number of rotatable bonds is 8. The van der Waals surface area contributed by atoms with Crippen molar-refractivity contribution in [2.75, 3.05) is 11.9 Å². The number of carbonyl (C=O) groups excluding carboxylic acids is 2. The van der Waals surface area contributed by atoms with E-state index in [1.807, 2.05) is 71.3 Å². The number of aromatic nitrogens is 2. The first-order chi connectivity index (χ1) is 17.3. The van der Waals surface area contributed by atoms with Gasteiger partial charge in [0.25, 0.3) is 11.8 Å². The topological polar surface area (TPSA) is 76.0 Å². The number of pyridine rings is 1. The Morgan fingerprint density at radius 3 is 2.39 bits per heavy atom. The summed E-state index contributed by atoms with van der Waals surface area (Å²) in [6, 6.07) is 21.2. The number of anilines is 1. The summed E-state index contributed by atoms with van der Waals surface area (Å²) in [5, 5.41) is 6.93. The lowest BCUT2D eigenvalue weighted by Crippen LogP contribution is -2.28. The van der Waals surface area contributed by atoms with Crippen LogP contribution in [-0.4, -0.2) is 27.9 Å². The molecule has 0 saturated heterocycles. The number of aryl methyl sites for hydroxylation is 1. The molecule has 0 aliphatic heterocycles. The van der Waals surface area contributed by atoms with Crippen molar-refractivity contribution in [3.8, 4) is 0 Å². The van der Waals surface area contributed by atoms with Gasteiger partial charge in [-0.15, -0.1) is 0 Å². The molecule has 2 aromatic carbocycles. The second-order valence-corrected chi connectivity index (χ2v) is 10.1. The molecule has 2 aromatic heterocycles. The van der Waals surface area contributed by atoms with E-state index >= 15 is 0 Å². The minimum absolute atomic E-state index is 0.0358. The van der Waals surface area contributed by atoms with Crippen LogP contribution in [0.25, 0.3) is 10.9 Å². The predicted molar refractivity (Wildman–Crippen MR) is 146 cm³/mol. The van der Waals surface area contributed by atoms with Crippen molar-refractivity contribution in [1.29, 1.82) is 0 Å². The molecule has 0 bridgehead atoms. The molecule has 2 amide bonds. The molecule has 4 aromatic rings. The number of hydrogen-bond acceptors (Lipinski definition) is 3. The van der Waals surface area contributed by atoms with Crippen molar-refractivity contribution < 1.29 is 9.59 Å². The average Bonchev–Trinajstić information content (AvgIpc) is 3.22. The molecule has 2 heterocycles. The summed E-state index contributed by atoms with van der Waals surface area (Å²) in [5.74, 6) is -0.268. The summed E-state index contributed by atoms with van der Waals surface area (Å²) in [4.78, 5) is 30.2. The Labute approximate surface area is 212 Å². The Morgan fingerprint density at radius 2 is 1.72 bits per heavy atom. The highest BCUT2D eigenvalue weighted by Crippen LogP contribution is 2.26. The zero-order valence-electron chi connectivity index (χ0n) is 21.5. The van der Waals surface area contributed by atoms with Crippen molar-refractivity contribution in [3.05, 3.63) is 95.4 Å². The van der Waals surface area contributed by atoms with Gasteiger partial charge in [-0.25, -0.2) is 0 Å². The Morgan fingerprint density at radius 1 is 0.944 bits per heavy atom. The third kappa shape index (κ3) is 5.82. The van der Waals surface area contributed by atoms with E-state index in [1.165, 1.54) is 5.56 Å². The number of hydrogen-bond donors (Lipinski definition) is 2. The standard InChI is InChI=1S/C30H34N4O2/c1-5-18-34-26-14-13-25(33-28(35)21-9-11-23(12-10-21)30(2,3)4)19-22(26)20-27(34)29(36)32-17-15-24-8-6-7-16-31-24/h6-14,16,19-20H,5,15,17-18H2,1-4H3,(H,32,36)(H,33,35). The van der Waals surface area contributed by atoms with Gasteiger partial charge in [0.1, 0.15) is 5.69 Å². The lowest BCUT2D eigenvalue weighted by molar-refractivity contribution is 0.0944. The first-order valence-electron chi connectivity index (χ1n) is 12.5. The molecule has 0 atom stereocenters. The van der Waals surface area contributed by atoms with Crippen molar-refractivity contribution in [1.82, 2.24) is 14.9 Å². The highest BCUT2D eigenvalue weighted by Gasteiger charge is 2.17. The van der Waals surface area contributed by atoms with Gasteiger partial charge in [-0.3, -0.25) is 14.6 Å². The van der Waals surface area contributed by atoms with Gasteiger partial charge < -0.3 is 15.2 Å². The quantitative estimate of drug-likeness (QED) is 0.325. The summed E-state index contributed by atoms with van der Waals surface area (Å²) in [5.41, 5.74) is 5.06. The van der Waals surface area contributed by atoms with E-state index in [2.05, 4.69) is 43.3 Å². The van der Waals surface area contributed by atoms with Crippen molar-refractivity contribution in [3.63, 3.8) is 0 Å². The van der Waals surface area contributed by atoms with Gasteiger partial charge in [0.05, 0.1) is 0 Å². The number of benzene rings is 2. The fraction of sp³-hybridized carbons (Fsp3) is 0.300. The summed E-state index contributed by atoms with van der Waals surface area (Å²) in [6.07, 6.45) is 3.34. The number of nitrogens with zero attached hydrogens (tertiary/aromatic N) is 2. The minimum atomic E-state index is -0.157. The molecule has 0 fully saturated rings. The van der Waals surface area contributed by atoms with Crippen LogP contribution in [-0.2, 0) is 18.4 Å². The summed E-state index contributed by atoms with van der Waals surface area (Å²) in [7, 11) is 0. The van der Waals surface area contributed by atoms with Crippen LogP contribution in [0.1, 0.15) is 66.2 Å². The molecule has 2 N–H and O–H groups in total. The molecule has 4 rings (SSSR count). The Balaban J connectivity index is 1.50. The molecule has 0 radical (unpaired) electrons. The maximum atomic E-state index is 13.0. The normalized spacial score (nSPS) is 11.4. The zero-order chi connectivity index (χ0) is 25.7. The highest BCUT2D eigenvalue weighted by atomic mass is 16.2.